The highest BCUT2D eigenvalue weighted by molar-refractivity contribution is 7.92. The number of fused-ring (bicyclic) bond motifs is 1. The summed E-state index contributed by atoms with van der Waals surface area (Å²) in [7, 11) is -3.43. The van der Waals surface area contributed by atoms with Gasteiger partial charge < -0.3 is 14.4 Å². The van der Waals surface area contributed by atoms with Crippen molar-refractivity contribution < 1.29 is 17.9 Å². The van der Waals surface area contributed by atoms with Crippen LogP contribution >= 0.6 is 0 Å². The van der Waals surface area contributed by atoms with Crippen LogP contribution in [0.15, 0.2) is 53.4 Å². The number of sulfone groups is 1. The molecule has 0 radical (unpaired) electrons. The fourth-order valence-corrected chi connectivity index (χ4v) is 6.73. The summed E-state index contributed by atoms with van der Waals surface area (Å²) in [6.45, 7) is 8.38. The van der Waals surface area contributed by atoms with Crippen molar-refractivity contribution in [2.45, 2.75) is 55.8 Å². The zero-order chi connectivity index (χ0) is 21.8. The molecule has 0 N–H and O–H groups in total. The standard InChI is InChI=1S/C25H33NO4S/c1-3-23-25(30-22-9-4-5-10-24(22)31(23,27)28)20-11-13-21(14-12-20)29-17-7-16-26-15-6-8-19(2)18-26/h4-5,9-14,19,23,25H,3,6-8,15-18H2,1-2H3/t19-,23-,25-/m0/s1. The number of para-hydroxylation sites is 1. The maximum Gasteiger partial charge on any atom is 0.188 e. The van der Waals surface area contributed by atoms with Gasteiger partial charge in [0, 0.05) is 13.1 Å². The maximum absolute atomic E-state index is 13.1. The first-order chi connectivity index (χ1) is 15.0. The molecule has 0 aromatic heterocycles. The summed E-state index contributed by atoms with van der Waals surface area (Å²) in [6.07, 6.45) is 3.63. The lowest BCUT2D eigenvalue weighted by Gasteiger charge is -2.33. The second-order valence-electron chi connectivity index (χ2n) is 8.80. The van der Waals surface area contributed by atoms with E-state index in [1.165, 1.54) is 25.9 Å². The van der Waals surface area contributed by atoms with Gasteiger partial charge in [0.1, 0.15) is 27.7 Å². The molecule has 4 rings (SSSR count). The Balaban J connectivity index is 1.37. The molecule has 5 nitrogen and oxygen atoms in total. The molecule has 2 aromatic rings. The average molecular weight is 444 g/mol. The zero-order valence-corrected chi connectivity index (χ0v) is 19.3. The Morgan fingerprint density at radius 1 is 1.13 bits per heavy atom. The number of rotatable bonds is 7. The molecule has 2 aromatic carbocycles. The molecule has 2 aliphatic rings. The van der Waals surface area contributed by atoms with Crippen LogP contribution < -0.4 is 9.47 Å². The van der Waals surface area contributed by atoms with E-state index in [4.69, 9.17) is 9.47 Å². The summed E-state index contributed by atoms with van der Waals surface area (Å²) in [5.74, 6) is 2.04. The third-order valence-corrected chi connectivity index (χ3v) is 8.71. The molecule has 31 heavy (non-hydrogen) atoms. The Labute approximate surface area is 186 Å². The van der Waals surface area contributed by atoms with Crippen molar-refractivity contribution in [3.63, 3.8) is 0 Å². The highest BCUT2D eigenvalue weighted by atomic mass is 32.2. The molecular weight excluding hydrogens is 410 g/mol. The van der Waals surface area contributed by atoms with Crippen molar-refractivity contribution in [1.29, 1.82) is 0 Å². The minimum absolute atomic E-state index is 0.293. The maximum atomic E-state index is 13.1. The first kappa shape index (κ1) is 22.2. The van der Waals surface area contributed by atoms with E-state index in [1.54, 1.807) is 24.3 Å². The van der Waals surface area contributed by atoms with E-state index in [1.807, 2.05) is 31.2 Å². The minimum atomic E-state index is -3.43. The van der Waals surface area contributed by atoms with Crippen molar-refractivity contribution in [3.05, 3.63) is 54.1 Å². The molecule has 2 aliphatic heterocycles. The van der Waals surface area contributed by atoms with Crippen LogP contribution in [0.3, 0.4) is 0 Å². The van der Waals surface area contributed by atoms with Crippen molar-refractivity contribution in [3.8, 4) is 11.5 Å². The smallest absolute Gasteiger partial charge is 0.188 e. The van der Waals surface area contributed by atoms with Crippen LogP contribution in [0.2, 0.25) is 0 Å². The second kappa shape index (κ2) is 9.61. The molecule has 2 heterocycles. The number of hydrogen-bond donors (Lipinski definition) is 0. The number of likely N-dealkylation sites (tertiary alicyclic amines) is 1. The molecule has 0 unspecified atom stereocenters. The SMILES string of the molecule is CC[C@H]1[C@H](c2ccc(OCCCN3CCC[C@H](C)C3)cc2)Oc2ccccc2S1(=O)=O. The van der Waals surface area contributed by atoms with Crippen molar-refractivity contribution >= 4 is 9.84 Å². The molecule has 168 valence electrons. The van der Waals surface area contributed by atoms with Crippen molar-refractivity contribution in [2.24, 2.45) is 5.92 Å². The third-order valence-electron chi connectivity index (χ3n) is 6.39. The van der Waals surface area contributed by atoms with Crippen LogP contribution in [0.5, 0.6) is 11.5 Å². The van der Waals surface area contributed by atoms with Crippen LogP contribution in [0.1, 0.15) is 51.2 Å². The summed E-state index contributed by atoms with van der Waals surface area (Å²) >= 11 is 0. The van der Waals surface area contributed by atoms with E-state index >= 15 is 0 Å². The number of benzene rings is 2. The number of nitrogens with zero attached hydrogens (tertiary/aromatic N) is 1. The van der Waals surface area contributed by atoms with Gasteiger partial charge in [0.25, 0.3) is 0 Å². The predicted molar refractivity (Wildman–Crippen MR) is 122 cm³/mol. The summed E-state index contributed by atoms with van der Waals surface area (Å²) in [5, 5.41) is -0.596. The molecular formula is C25H33NO4S. The van der Waals surface area contributed by atoms with Gasteiger partial charge in [-0.25, -0.2) is 8.42 Å². The lowest BCUT2D eigenvalue weighted by molar-refractivity contribution is 0.170. The van der Waals surface area contributed by atoms with E-state index in [2.05, 4.69) is 11.8 Å². The van der Waals surface area contributed by atoms with E-state index < -0.39 is 21.2 Å². The summed E-state index contributed by atoms with van der Waals surface area (Å²) in [5.41, 5.74) is 0.861. The van der Waals surface area contributed by atoms with Crippen LogP contribution in [0, 0.1) is 5.92 Å². The van der Waals surface area contributed by atoms with E-state index in [-0.39, 0.29) is 0 Å². The summed E-state index contributed by atoms with van der Waals surface area (Å²) in [4.78, 5) is 2.82. The zero-order valence-electron chi connectivity index (χ0n) is 18.5. The number of piperidine rings is 1. The van der Waals surface area contributed by atoms with Crippen LogP contribution in [-0.2, 0) is 9.84 Å². The van der Waals surface area contributed by atoms with Gasteiger partial charge in [-0.05, 0) is 68.0 Å². The Bertz CT molecular complexity index is 973. The van der Waals surface area contributed by atoms with Gasteiger partial charge in [0.15, 0.2) is 9.84 Å². The predicted octanol–water partition coefficient (Wildman–Crippen LogP) is 4.87. The normalized spacial score (nSPS) is 25.4. The lowest BCUT2D eigenvalue weighted by Crippen LogP contribution is -2.35. The van der Waals surface area contributed by atoms with Gasteiger partial charge in [-0.2, -0.15) is 0 Å². The fraction of sp³-hybridized carbons (Fsp3) is 0.520. The van der Waals surface area contributed by atoms with Gasteiger partial charge in [-0.1, -0.05) is 38.1 Å². The topological polar surface area (TPSA) is 55.8 Å². The van der Waals surface area contributed by atoms with Gasteiger partial charge >= 0.3 is 0 Å². The summed E-state index contributed by atoms with van der Waals surface area (Å²) in [6, 6.07) is 14.6. The molecule has 0 amide bonds. The summed E-state index contributed by atoms with van der Waals surface area (Å²) < 4.78 is 38.3. The molecule has 0 bridgehead atoms. The van der Waals surface area contributed by atoms with Crippen LogP contribution in [0.4, 0.5) is 0 Å². The molecule has 0 spiro atoms. The van der Waals surface area contributed by atoms with E-state index in [9.17, 15) is 8.42 Å². The number of ether oxygens (including phenoxy) is 2. The quantitative estimate of drug-likeness (QED) is 0.571. The van der Waals surface area contributed by atoms with Gasteiger partial charge in [0.05, 0.1) is 6.61 Å². The molecule has 6 heteroatoms. The molecule has 0 saturated carbocycles. The minimum Gasteiger partial charge on any atom is -0.494 e. The largest absolute Gasteiger partial charge is 0.494 e. The molecule has 1 fully saturated rings. The fourth-order valence-electron chi connectivity index (χ4n) is 4.76. The van der Waals surface area contributed by atoms with Crippen LogP contribution in [0.25, 0.3) is 0 Å². The molecule has 1 saturated heterocycles. The van der Waals surface area contributed by atoms with E-state index in [0.29, 0.717) is 23.7 Å². The Kier molecular flexibility index (Phi) is 6.87. The van der Waals surface area contributed by atoms with Crippen LogP contribution in [-0.4, -0.2) is 44.8 Å². The van der Waals surface area contributed by atoms with E-state index in [0.717, 1.165) is 30.2 Å². The van der Waals surface area contributed by atoms with Crippen molar-refractivity contribution in [2.75, 3.05) is 26.2 Å². The van der Waals surface area contributed by atoms with Gasteiger partial charge in [-0.3, -0.25) is 0 Å². The Hall–Kier alpha value is -2.05. The van der Waals surface area contributed by atoms with Crippen molar-refractivity contribution in [1.82, 2.24) is 4.90 Å². The first-order valence-corrected chi connectivity index (χ1v) is 13.0. The first-order valence-electron chi connectivity index (χ1n) is 11.4. The lowest BCUT2D eigenvalue weighted by atomic mass is 10.0. The Morgan fingerprint density at radius 2 is 1.90 bits per heavy atom. The Morgan fingerprint density at radius 3 is 2.65 bits per heavy atom. The monoisotopic (exact) mass is 443 g/mol. The highest BCUT2D eigenvalue weighted by Crippen LogP contribution is 2.42. The number of hydrogen-bond acceptors (Lipinski definition) is 5. The average Bonchev–Trinajstić information content (AvgIpc) is 2.77. The van der Waals surface area contributed by atoms with Gasteiger partial charge in [-0.15, -0.1) is 0 Å². The third kappa shape index (κ3) is 4.90. The molecule has 3 atom stereocenters. The highest BCUT2D eigenvalue weighted by Gasteiger charge is 2.41. The molecule has 0 aliphatic carbocycles. The van der Waals surface area contributed by atoms with Gasteiger partial charge in [0.2, 0.25) is 0 Å². The second-order valence-corrected chi connectivity index (χ2v) is 10.9.